The minimum Gasteiger partial charge on any atom is -0.337 e. The van der Waals surface area contributed by atoms with E-state index in [1.807, 2.05) is 30.3 Å². The lowest BCUT2D eigenvalue weighted by Gasteiger charge is -2.10. The molecule has 2 heterocycles. The summed E-state index contributed by atoms with van der Waals surface area (Å²) in [4.78, 5) is 12.1. The highest BCUT2D eigenvalue weighted by Crippen LogP contribution is 2.18. The molecule has 1 aromatic heterocycles. The van der Waals surface area contributed by atoms with Crippen LogP contribution in [0.3, 0.4) is 0 Å². The Morgan fingerprint density at radius 1 is 1.30 bits per heavy atom. The topological polar surface area (TPSA) is 68.2 Å². The van der Waals surface area contributed by atoms with Gasteiger partial charge >= 0.3 is 6.03 Å². The highest BCUT2D eigenvalue weighted by atomic mass is 32.2. The number of para-hydroxylation sites is 1. The van der Waals surface area contributed by atoms with E-state index in [4.69, 9.17) is 0 Å². The Balaban J connectivity index is 1.68. The number of hydrogen-bond acceptors (Lipinski definition) is 3. The predicted molar refractivity (Wildman–Crippen MR) is 77.5 cm³/mol. The maximum atomic E-state index is 12.1. The molecule has 6 heteroatoms. The molecule has 1 fully saturated rings. The largest absolute Gasteiger partial charge is 0.337 e. The zero-order valence-electron chi connectivity index (χ0n) is 11.0. The summed E-state index contributed by atoms with van der Waals surface area (Å²) in [5.74, 6) is 0.449. The lowest BCUT2D eigenvalue weighted by molar-refractivity contribution is 0.241. The van der Waals surface area contributed by atoms with E-state index in [0.29, 0.717) is 13.0 Å². The summed E-state index contributed by atoms with van der Waals surface area (Å²) in [5, 5.41) is 3.82. The third-order valence-corrected chi connectivity index (χ3v) is 5.52. The van der Waals surface area contributed by atoms with E-state index in [-0.39, 0.29) is 23.5 Å². The number of hydrogen-bond donors (Lipinski definition) is 1. The van der Waals surface area contributed by atoms with Crippen LogP contribution >= 0.6 is 0 Å². The van der Waals surface area contributed by atoms with Gasteiger partial charge in [-0.3, -0.25) is 4.57 Å². The number of nitrogens with one attached hydrogen (secondary N) is 1. The Labute approximate surface area is 117 Å². The number of fused-ring (bicyclic) bond motifs is 1. The van der Waals surface area contributed by atoms with E-state index < -0.39 is 9.84 Å². The summed E-state index contributed by atoms with van der Waals surface area (Å²) in [6.45, 7) is 0.407. The van der Waals surface area contributed by atoms with Gasteiger partial charge in [0.05, 0.1) is 17.0 Å². The van der Waals surface area contributed by atoms with E-state index >= 15 is 0 Å². The van der Waals surface area contributed by atoms with Gasteiger partial charge in [0.1, 0.15) is 0 Å². The molecule has 0 saturated carbocycles. The molecule has 1 amide bonds. The number of carbonyl (C=O) groups is 1. The fourth-order valence-electron chi connectivity index (χ4n) is 2.61. The number of nitrogens with zero attached hydrogens (tertiary/aromatic N) is 1. The van der Waals surface area contributed by atoms with Crippen LogP contribution in [0, 0.1) is 5.92 Å². The summed E-state index contributed by atoms with van der Waals surface area (Å²) >= 11 is 0. The molecule has 1 atom stereocenters. The van der Waals surface area contributed by atoms with Gasteiger partial charge in [-0.1, -0.05) is 18.2 Å². The first kappa shape index (κ1) is 13.2. The molecule has 20 heavy (non-hydrogen) atoms. The zero-order valence-corrected chi connectivity index (χ0v) is 11.8. The second kappa shape index (κ2) is 4.94. The van der Waals surface area contributed by atoms with E-state index in [0.717, 1.165) is 10.9 Å². The molecule has 0 radical (unpaired) electrons. The summed E-state index contributed by atoms with van der Waals surface area (Å²) < 4.78 is 24.3. The Morgan fingerprint density at radius 3 is 2.85 bits per heavy atom. The lowest BCUT2D eigenvalue weighted by Crippen LogP contribution is -2.32. The molecule has 106 valence electrons. The Hall–Kier alpha value is -1.82. The number of benzene rings is 1. The van der Waals surface area contributed by atoms with Crippen molar-refractivity contribution in [3.8, 4) is 0 Å². The monoisotopic (exact) mass is 292 g/mol. The van der Waals surface area contributed by atoms with Crippen LogP contribution in [0.1, 0.15) is 6.42 Å². The fraction of sp³-hybridized carbons (Fsp3) is 0.357. The van der Waals surface area contributed by atoms with E-state index in [2.05, 4.69) is 5.32 Å². The molecule has 0 bridgehead atoms. The van der Waals surface area contributed by atoms with Gasteiger partial charge in [0.2, 0.25) is 0 Å². The van der Waals surface area contributed by atoms with Crippen molar-refractivity contribution < 1.29 is 13.2 Å². The summed E-state index contributed by atoms with van der Waals surface area (Å²) in [6, 6.07) is 9.31. The van der Waals surface area contributed by atoms with Gasteiger partial charge in [-0.05, 0) is 24.5 Å². The number of sulfone groups is 1. The molecular formula is C14H16N2O3S. The van der Waals surface area contributed by atoms with Crippen molar-refractivity contribution in [2.75, 3.05) is 18.1 Å². The van der Waals surface area contributed by atoms with E-state index in [1.165, 1.54) is 0 Å². The molecule has 1 aromatic carbocycles. The summed E-state index contributed by atoms with van der Waals surface area (Å²) in [7, 11) is -2.89. The standard InChI is InChI=1S/C14H16N2O3S/c17-14(15-9-11-6-8-20(18,19)10-11)16-7-5-12-3-1-2-4-13(12)16/h1-5,7,11H,6,8-10H2,(H,15,17). The van der Waals surface area contributed by atoms with Crippen molar-refractivity contribution in [2.24, 2.45) is 5.92 Å². The number of rotatable bonds is 2. The van der Waals surface area contributed by atoms with Crippen LogP contribution in [-0.4, -0.2) is 37.1 Å². The number of aromatic nitrogens is 1. The minimum absolute atomic E-state index is 0.0331. The first-order valence-electron chi connectivity index (χ1n) is 6.60. The van der Waals surface area contributed by atoms with Gasteiger partial charge in [0, 0.05) is 18.1 Å². The van der Waals surface area contributed by atoms with Gasteiger partial charge in [-0.15, -0.1) is 0 Å². The minimum atomic E-state index is -2.89. The first-order valence-corrected chi connectivity index (χ1v) is 8.42. The average Bonchev–Trinajstić information content (AvgIpc) is 2.99. The summed E-state index contributed by atoms with van der Waals surface area (Å²) in [6.07, 6.45) is 2.36. The lowest BCUT2D eigenvalue weighted by atomic mass is 10.1. The van der Waals surface area contributed by atoms with Gasteiger partial charge in [-0.2, -0.15) is 0 Å². The average molecular weight is 292 g/mol. The molecular weight excluding hydrogens is 276 g/mol. The molecule has 1 saturated heterocycles. The molecule has 0 spiro atoms. The fourth-order valence-corrected chi connectivity index (χ4v) is 4.47. The zero-order chi connectivity index (χ0) is 14.2. The smallest absolute Gasteiger partial charge is 0.326 e. The van der Waals surface area contributed by atoms with Crippen LogP contribution < -0.4 is 5.32 Å². The quantitative estimate of drug-likeness (QED) is 0.915. The van der Waals surface area contributed by atoms with E-state index in [9.17, 15) is 13.2 Å². The third kappa shape index (κ3) is 2.56. The third-order valence-electron chi connectivity index (χ3n) is 3.69. The van der Waals surface area contributed by atoms with Crippen molar-refractivity contribution in [1.29, 1.82) is 0 Å². The van der Waals surface area contributed by atoms with Crippen molar-refractivity contribution in [3.05, 3.63) is 36.5 Å². The second-order valence-electron chi connectivity index (χ2n) is 5.20. The molecule has 5 nitrogen and oxygen atoms in total. The Morgan fingerprint density at radius 2 is 2.10 bits per heavy atom. The maximum absolute atomic E-state index is 12.1. The van der Waals surface area contributed by atoms with Gasteiger partial charge in [-0.25, -0.2) is 13.2 Å². The maximum Gasteiger partial charge on any atom is 0.326 e. The Bertz CT molecular complexity index is 749. The van der Waals surface area contributed by atoms with Crippen molar-refractivity contribution in [2.45, 2.75) is 6.42 Å². The number of carbonyl (C=O) groups excluding carboxylic acids is 1. The van der Waals surface area contributed by atoms with Crippen LogP contribution in [0.5, 0.6) is 0 Å². The SMILES string of the molecule is O=C(NCC1CCS(=O)(=O)C1)n1ccc2ccccc21. The van der Waals surface area contributed by atoms with Gasteiger partial charge in [0.25, 0.3) is 0 Å². The van der Waals surface area contributed by atoms with Crippen LogP contribution in [0.2, 0.25) is 0 Å². The van der Waals surface area contributed by atoms with Crippen molar-refractivity contribution in [1.82, 2.24) is 9.88 Å². The Kier molecular flexibility index (Phi) is 3.25. The molecule has 3 rings (SSSR count). The molecule has 1 N–H and O–H groups in total. The van der Waals surface area contributed by atoms with Crippen LogP contribution in [0.25, 0.3) is 10.9 Å². The van der Waals surface area contributed by atoms with Gasteiger partial charge in [0.15, 0.2) is 9.84 Å². The molecule has 0 aliphatic carbocycles. The number of amides is 1. The highest BCUT2D eigenvalue weighted by Gasteiger charge is 2.28. The molecule has 2 aromatic rings. The molecule has 1 aliphatic heterocycles. The van der Waals surface area contributed by atoms with Crippen LogP contribution in [0.15, 0.2) is 36.5 Å². The van der Waals surface area contributed by atoms with E-state index in [1.54, 1.807) is 10.8 Å². The van der Waals surface area contributed by atoms with Gasteiger partial charge < -0.3 is 5.32 Å². The second-order valence-corrected chi connectivity index (χ2v) is 7.43. The van der Waals surface area contributed by atoms with Crippen molar-refractivity contribution in [3.63, 3.8) is 0 Å². The molecule has 1 unspecified atom stereocenters. The summed E-state index contributed by atoms with van der Waals surface area (Å²) in [5.41, 5.74) is 0.851. The normalized spacial score (nSPS) is 21.1. The molecule has 1 aliphatic rings. The van der Waals surface area contributed by atoms with Crippen molar-refractivity contribution >= 4 is 26.8 Å². The van der Waals surface area contributed by atoms with Crippen LogP contribution in [-0.2, 0) is 9.84 Å². The van der Waals surface area contributed by atoms with Crippen LogP contribution in [0.4, 0.5) is 4.79 Å². The predicted octanol–water partition coefficient (Wildman–Crippen LogP) is 1.63. The first-order chi connectivity index (χ1) is 9.55. The highest BCUT2D eigenvalue weighted by molar-refractivity contribution is 7.91.